The predicted octanol–water partition coefficient (Wildman–Crippen LogP) is 1.26. The van der Waals surface area contributed by atoms with Gasteiger partial charge in [0.15, 0.2) is 10.8 Å². The van der Waals surface area contributed by atoms with E-state index in [0.29, 0.717) is 5.46 Å². The van der Waals surface area contributed by atoms with Crippen LogP contribution >= 0.6 is 0 Å². The molecule has 1 aromatic rings. The fourth-order valence-corrected chi connectivity index (χ4v) is 2.29. The summed E-state index contributed by atoms with van der Waals surface area (Å²) in [7, 11) is -2.11. The lowest BCUT2D eigenvalue weighted by atomic mass is 9.80. The zero-order valence-corrected chi connectivity index (χ0v) is 12.5. The molecular weight excluding hydrogens is 268 g/mol. The summed E-state index contributed by atoms with van der Waals surface area (Å²) in [5.74, 6) is -0.604. The first kappa shape index (κ1) is 14.6. The second-order valence-corrected chi connectivity index (χ2v) is 6.89. The Morgan fingerprint density at radius 1 is 1.26 bits per heavy atom. The van der Waals surface area contributed by atoms with Crippen molar-refractivity contribution in [1.82, 2.24) is 4.98 Å². The maximum absolute atomic E-state index is 13.8. The molecular formula is C12H17BFNO3S. The largest absolute Gasteiger partial charge is 0.496 e. The van der Waals surface area contributed by atoms with Gasteiger partial charge in [-0.3, -0.25) is 4.21 Å². The fraction of sp³-hybridized carbons (Fsp3) is 0.583. The van der Waals surface area contributed by atoms with Crippen LogP contribution in [0.5, 0.6) is 0 Å². The lowest BCUT2D eigenvalue weighted by Gasteiger charge is -2.32. The first-order valence-electron chi connectivity index (χ1n) is 5.98. The van der Waals surface area contributed by atoms with E-state index in [-0.39, 0.29) is 5.03 Å². The van der Waals surface area contributed by atoms with E-state index in [1.807, 2.05) is 27.7 Å². The molecule has 1 unspecified atom stereocenters. The van der Waals surface area contributed by atoms with Gasteiger partial charge >= 0.3 is 7.12 Å². The van der Waals surface area contributed by atoms with Crippen molar-refractivity contribution >= 4 is 23.4 Å². The Kier molecular flexibility index (Phi) is 3.57. The van der Waals surface area contributed by atoms with Crippen LogP contribution in [0.1, 0.15) is 27.7 Å². The van der Waals surface area contributed by atoms with Crippen molar-refractivity contribution in [1.29, 1.82) is 0 Å². The molecule has 0 saturated carbocycles. The van der Waals surface area contributed by atoms with E-state index in [1.165, 1.54) is 18.5 Å². The van der Waals surface area contributed by atoms with E-state index >= 15 is 0 Å². The molecule has 1 fully saturated rings. The average molecular weight is 285 g/mol. The number of hydrogen-bond acceptors (Lipinski definition) is 4. The highest BCUT2D eigenvalue weighted by molar-refractivity contribution is 7.84. The molecule has 1 aromatic heterocycles. The van der Waals surface area contributed by atoms with Crippen LogP contribution in [0.4, 0.5) is 4.39 Å². The van der Waals surface area contributed by atoms with Crippen molar-refractivity contribution < 1.29 is 17.9 Å². The van der Waals surface area contributed by atoms with Crippen molar-refractivity contribution in [3.05, 3.63) is 18.1 Å². The summed E-state index contributed by atoms with van der Waals surface area (Å²) in [5, 5.41) is -0.0553. The molecule has 2 rings (SSSR count). The smallest absolute Gasteiger partial charge is 0.399 e. The number of hydrogen-bond donors (Lipinski definition) is 0. The summed E-state index contributed by atoms with van der Waals surface area (Å²) in [6.07, 6.45) is 2.84. The molecule has 0 aromatic carbocycles. The monoisotopic (exact) mass is 285 g/mol. The molecule has 0 aliphatic carbocycles. The van der Waals surface area contributed by atoms with Crippen LogP contribution < -0.4 is 5.46 Å². The third kappa shape index (κ3) is 2.59. The minimum atomic E-state index is -1.45. The number of aromatic nitrogens is 1. The number of halogens is 1. The first-order valence-corrected chi connectivity index (χ1v) is 7.54. The van der Waals surface area contributed by atoms with E-state index in [1.54, 1.807) is 0 Å². The van der Waals surface area contributed by atoms with Gasteiger partial charge in [-0.2, -0.15) is 0 Å². The third-order valence-corrected chi connectivity index (χ3v) is 4.47. The Morgan fingerprint density at radius 3 is 2.21 bits per heavy atom. The standard InChI is InChI=1S/C12H17BFNO3S/c1-11(2)12(3,4)18-13(17-11)8-6-9(14)10(15-7-8)19(5)16/h6-7H,1-5H3. The summed E-state index contributed by atoms with van der Waals surface area (Å²) in [4.78, 5) is 3.88. The summed E-state index contributed by atoms with van der Waals surface area (Å²) in [5.41, 5.74) is -0.480. The van der Waals surface area contributed by atoms with E-state index in [2.05, 4.69) is 4.98 Å². The van der Waals surface area contributed by atoms with Crippen LogP contribution in [0.25, 0.3) is 0 Å². The van der Waals surface area contributed by atoms with Gasteiger partial charge < -0.3 is 9.31 Å². The van der Waals surface area contributed by atoms with Crippen LogP contribution in [0.3, 0.4) is 0 Å². The van der Waals surface area contributed by atoms with Crippen molar-refractivity contribution in [2.75, 3.05) is 6.26 Å². The number of rotatable bonds is 2. The summed E-state index contributed by atoms with van der Waals surface area (Å²) < 4.78 is 36.6. The van der Waals surface area contributed by atoms with Crippen molar-refractivity contribution in [3.63, 3.8) is 0 Å². The molecule has 104 valence electrons. The van der Waals surface area contributed by atoms with Crippen molar-refractivity contribution in [2.24, 2.45) is 0 Å². The summed E-state index contributed by atoms with van der Waals surface area (Å²) in [6.45, 7) is 7.69. The van der Waals surface area contributed by atoms with E-state index in [0.717, 1.165) is 0 Å². The Balaban J connectivity index is 2.31. The zero-order valence-electron chi connectivity index (χ0n) is 11.7. The van der Waals surface area contributed by atoms with Crippen LogP contribution in [-0.4, -0.2) is 33.8 Å². The molecule has 19 heavy (non-hydrogen) atoms. The van der Waals surface area contributed by atoms with E-state index in [9.17, 15) is 8.60 Å². The molecule has 0 amide bonds. The van der Waals surface area contributed by atoms with Gasteiger partial charge in [0.2, 0.25) is 0 Å². The van der Waals surface area contributed by atoms with Crippen molar-refractivity contribution in [2.45, 2.75) is 43.9 Å². The zero-order chi connectivity index (χ0) is 14.4. The van der Waals surface area contributed by atoms with Gasteiger partial charge in [0.05, 0.1) is 22.0 Å². The van der Waals surface area contributed by atoms with Gasteiger partial charge in [0, 0.05) is 17.9 Å². The second-order valence-electron chi connectivity index (χ2n) is 5.60. The second kappa shape index (κ2) is 4.65. The maximum Gasteiger partial charge on any atom is 0.496 e. The Labute approximate surface area is 115 Å². The topological polar surface area (TPSA) is 48.4 Å². The molecule has 4 nitrogen and oxygen atoms in total. The van der Waals surface area contributed by atoms with Crippen LogP contribution in [0.2, 0.25) is 0 Å². The van der Waals surface area contributed by atoms with E-state index in [4.69, 9.17) is 9.31 Å². The number of pyridine rings is 1. The lowest BCUT2D eigenvalue weighted by Crippen LogP contribution is -2.41. The van der Waals surface area contributed by atoms with Gasteiger partial charge in [-0.15, -0.1) is 0 Å². The molecule has 1 atom stereocenters. The van der Waals surface area contributed by atoms with Crippen LogP contribution in [0, 0.1) is 5.82 Å². The molecule has 0 N–H and O–H groups in total. The Bertz CT molecular complexity index is 520. The van der Waals surface area contributed by atoms with Gasteiger partial charge in [-0.05, 0) is 33.8 Å². The molecule has 2 heterocycles. The Morgan fingerprint density at radius 2 is 1.79 bits per heavy atom. The van der Waals surface area contributed by atoms with E-state index < -0.39 is 34.9 Å². The SMILES string of the molecule is CS(=O)c1ncc(B2OC(C)(C)C(C)(C)O2)cc1F. The average Bonchev–Trinajstić information content (AvgIpc) is 2.47. The summed E-state index contributed by atoms with van der Waals surface area (Å²) in [6, 6.07) is 1.27. The number of nitrogens with zero attached hydrogens (tertiary/aromatic N) is 1. The van der Waals surface area contributed by atoms with Gasteiger partial charge in [0.25, 0.3) is 0 Å². The van der Waals surface area contributed by atoms with Gasteiger partial charge in [-0.1, -0.05) is 0 Å². The van der Waals surface area contributed by atoms with Gasteiger partial charge in [0.1, 0.15) is 0 Å². The van der Waals surface area contributed by atoms with Gasteiger partial charge in [-0.25, -0.2) is 9.37 Å². The highest BCUT2D eigenvalue weighted by Crippen LogP contribution is 2.36. The predicted molar refractivity (Wildman–Crippen MR) is 72.2 cm³/mol. The molecule has 0 spiro atoms. The molecule has 1 aliphatic rings. The minimum Gasteiger partial charge on any atom is -0.399 e. The minimum absolute atomic E-state index is 0.0553. The van der Waals surface area contributed by atoms with Crippen LogP contribution in [0.15, 0.2) is 17.3 Å². The fourth-order valence-electron chi connectivity index (χ4n) is 1.76. The molecule has 1 aliphatic heterocycles. The van der Waals surface area contributed by atoms with Crippen molar-refractivity contribution in [3.8, 4) is 0 Å². The first-order chi connectivity index (χ1) is 8.64. The molecule has 7 heteroatoms. The maximum atomic E-state index is 13.8. The third-order valence-electron chi connectivity index (χ3n) is 3.63. The lowest BCUT2D eigenvalue weighted by molar-refractivity contribution is 0.00578. The summed E-state index contributed by atoms with van der Waals surface area (Å²) >= 11 is 0. The Hall–Kier alpha value is -0.785. The quantitative estimate of drug-likeness (QED) is 0.767. The van der Waals surface area contributed by atoms with Crippen LogP contribution in [-0.2, 0) is 20.1 Å². The highest BCUT2D eigenvalue weighted by Gasteiger charge is 2.51. The molecule has 1 saturated heterocycles. The highest BCUT2D eigenvalue weighted by atomic mass is 32.2. The molecule has 0 bridgehead atoms. The molecule has 0 radical (unpaired) electrons. The normalized spacial score (nSPS) is 22.5.